The zero-order valence-corrected chi connectivity index (χ0v) is 11.8. The number of nitrogens with one attached hydrogen (secondary N) is 2. The van der Waals surface area contributed by atoms with Crippen LogP contribution in [0.4, 0.5) is 11.6 Å². The number of anilines is 2. The SMILES string of the molecule is Cc1[nH]nc2c1Nc1ncc3c(C)nn(c3n1)CCCO2. The van der Waals surface area contributed by atoms with E-state index < -0.39 is 0 Å². The smallest absolute Gasteiger partial charge is 0.256 e. The number of ether oxygens (including phenoxy) is 1. The van der Waals surface area contributed by atoms with Crippen molar-refractivity contribution in [3.63, 3.8) is 0 Å². The molecule has 0 atom stereocenters. The second-order valence-corrected chi connectivity index (χ2v) is 5.10. The zero-order chi connectivity index (χ0) is 14.4. The molecule has 0 radical (unpaired) electrons. The van der Waals surface area contributed by atoms with Crippen LogP contribution < -0.4 is 10.1 Å². The van der Waals surface area contributed by atoms with Gasteiger partial charge in [-0.3, -0.25) is 5.10 Å². The molecule has 0 unspecified atom stereocenters. The molecule has 2 bridgehead atoms. The van der Waals surface area contributed by atoms with Gasteiger partial charge >= 0.3 is 0 Å². The maximum absolute atomic E-state index is 5.72. The number of rotatable bonds is 0. The lowest BCUT2D eigenvalue weighted by Gasteiger charge is -2.06. The van der Waals surface area contributed by atoms with Gasteiger partial charge in [-0.1, -0.05) is 0 Å². The molecule has 0 saturated carbocycles. The van der Waals surface area contributed by atoms with Crippen molar-refractivity contribution in [2.45, 2.75) is 26.8 Å². The number of aromatic amines is 1. The van der Waals surface area contributed by atoms with Crippen molar-refractivity contribution in [2.75, 3.05) is 11.9 Å². The molecule has 0 fully saturated rings. The molecule has 0 saturated heterocycles. The van der Waals surface area contributed by atoms with Crippen molar-refractivity contribution in [3.05, 3.63) is 17.6 Å². The summed E-state index contributed by atoms with van der Waals surface area (Å²) in [5.74, 6) is 1.06. The molecule has 3 aromatic heterocycles. The molecule has 4 heterocycles. The minimum Gasteiger partial charge on any atom is -0.475 e. The lowest BCUT2D eigenvalue weighted by Crippen LogP contribution is -2.06. The van der Waals surface area contributed by atoms with E-state index >= 15 is 0 Å². The fourth-order valence-electron chi connectivity index (χ4n) is 2.48. The molecule has 0 spiro atoms. The van der Waals surface area contributed by atoms with Gasteiger partial charge in [-0.05, 0) is 13.8 Å². The first-order chi connectivity index (χ1) is 10.2. The van der Waals surface area contributed by atoms with Crippen LogP contribution >= 0.6 is 0 Å². The summed E-state index contributed by atoms with van der Waals surface area (Å²) in [6.45, 7) is 5.22. The molecular weight excluding hydrogens is 270 g/mol. The Morgan fingerprint density at radius 2 is 2.24 bits per heavy atom. The first kappa shape index (κ1) is 12.1. The highest BCUT2D eigenvalue weighted by molar-refractivity contribution is 5.79. The van der Waals surface area contributed by atoms with Crippen LogP contribution in [0.25, 0.3) is 11.0 Å². The van der Waals surface area contributed by atoms with Crippen LogP contribution in [0.1, 0.15) is 17.8 Å². The summed E-state index contributed by atoms with van der Waals surface area (Å²) >= 11 is 0. The number of hydrogen-bond donors (Lipinski definition) is 2. The molecule has 8 heteroatoms. The molecular formula is C13H15N7O. The van der Waals surface area contributed by atoms with Crippen LogP contribution in [0, 0.1) is 13.8 Å². The lowest BCUT2D eigenvalue weighted by molar-refractivity contribution is 0.290. The molecule has 0 aliphatic carbocycles. The number of fused-ring (bicyclic) bond motifs is 2. The van der Waals surface area contributed by atoms with Gasteiger partial charge in [0.1, 0.15) is 5.69 Å². The van der Waals surface area contributed by atoms with E-state index in [1.165, 1.54) is 0 Å². The van der Waals surface area contributed by atoms with Gasteiger partial charge in [-0.2, -0.15) is 10.1 Å². The minimum atomic E-state index is 0.514. The Kier molecular flexibility index (Phi) is 2.56. The number of aromatic nitrogens is 6. The number of hydrogen-bond acceptors (Lipinski definition) is 6. The van der Waals surface area contributed by atoms with E-state index in [0.29, 0.717) is 18.4 Å². The first-order valence-electron chi connectivity index (χ1n) is 6.87. The molecule has 2 N–H and O–H groups in total. The third-order valence-electron chi connectivity index (χ3n) is 3.58. The van der Waals surface area contributed by atoms with Gasteiger partial charge < -0.3 is 10.1 Å². The standard InChI is InChI=1S/C13H15N7O/c1-7-9-6-14-13-15-10-8(2)17-18-12(10)21-5-3-4-20(19-7)11(9)16-13/h6H,3-5H2,1-2H3,(H,17,18)(H,14,15,16). The van der Waals surface area contributed by atoms with E-state index in [2.05, 4.69) is 30.6 Å². The van der Waals surface area contributed by atoms with Gasteiger partial charge in [-0.15, -0.1) is 5.10 Å². The summed E-state index contributed by atoms with van der Waals surface area (Å²) < 4.78 is 7.63. The minimum absolute atomic E-state index is 0.514. The average Bonchev–Trinajstić information content (AvgIpc) is 2.97. The molecule has 0 amide bonds. The third-order valence-corrected chi connectivity index (χ3v) is 3.58. The van der Waals surface area contributed by atoms with Crippen molar-refractivity contribution in [1.29, 1.82) is 0 Å². The fraction of sp³-hybridized carbons (Fsp3) is 0.385. The molecule has 108 valence electrons. The highest BCUT2D eigenvalue weighted by Crippen LogP contribution is 2.29. The number of H-pyrrole nitrogens is 1. The summed E-state index contributed by atoms with van der Waals surface area (Å²) in [4.78, 5) is 8.93. The largest absolute Gasteiger partial charge is 0.475 e. The Hall–Kier alpha value is -2.64. The van der Waals surface area contributed by atoms with E-state index in [-0.39, 0.29) is 0 Å². The molecule has 3 aromatic rings. The van der Waals surface area contributed by atoms with E-state index in [1.54, 1.807) is 6.20 Å². The van der Waals surface area contributed by atoms with Crippen LogP contribution in [0.2, 0.25) is 0 Å². The first-order valence-corrected chi connectivity index (χ1v) is 6.87. The molecule has 0 aromatic carbocycles. The predicted octanol–water partition coefficient (Wildman–Crippen LogP) is 1.69. The average molecular weight is 285 g/mol. The van der Waals surface area contributed by atoms with Crippen LogP contribution in [-0.4, -0.2) is 36.6 Å². The van der Waals surface area contributed by atoms with E-state index in [0.717, 1.165) is 41.1 Å². The summed E-state index contributed by atoms with van der Waals surface area (Å²) in [5.41, 5.74) is 3.45. The highest BCUT2D eigenvalue weighted by Gasteiger charge is 2.16. The van der Waals surface area contributed by atoms with E-state index in [4.69, 9.17) is 4.74 Å². The number of aryl methyl sites for hydroxylation is 3. The Morgan fingerprint density at radius 1 is 1.33 bits per heavy atom. The van der Waals surface area contributed by atoms with Crippen LogP contribution in [0.15, 0.2) is 6.20 Å². The van der Waals surface area contributed by atoms with Gasteiger partial charge in [0.05, 0.1) is 23.4 Å². The Morgan fingerprint density at radius 3 is 3.14 bits per heavy atom. The monoisotopic (exact) mass is 285 g/mol. The Labute approximate surface area is 120 Å². The van der Waals surface area contributed by atoms with E-state index in [9.17, 15) is 0 Å². The predicted molar refractivity (Wildman–Crippen MR) is 76.8 cm³/mol. The van der Waals surface area contributed by atoms with Crippen LogP contribution in [0.3, 0.4) is 0 Å². The van der Waals surface area contributed by atoms with Crippen molar-refractivity contribution < 1.29 is 4.74 Å². The maximum atomic E-state index is 5.72. The van der Waals surface area contributed by atoms with Gasteiger partial charge in [-0.25, -0.2) is 9.67 Å². The Bertz CT molecular complexity index is 819. The highest BCUT2D eigenvalue weighted by atomic mass is 16.5. The molecule has 1 aliphatic rings. The van der Waals surface area contributed by atoms with Gasteiger partial charge in [0.25, 0.3) is 5.88 Å². The quantitative estimate of drug-likeness (QED) is 0.653. The summed E-state index contributed by atoms with van der Waals surface area (Å²) in [6, 6.07) is 0. The van der Waals surface area contributed by atoms with Crippen LogP contribution in [-0.2, 0) is 6.54 Å². The molecule has 4 rings (SSSR count). The normalized spacial score (nSPS) is 14.4. The van der Waals surface area contributed by atoms with Crippen molar-refractivity contribution in [2.24, 2.45) is 0 Å². The van der Waals surface area contributed by atoms with E-state index in [1.807, 2.05) is 18.5 Å². The van der Waals surface area contributed by atoms with Gasteiger partial charge in [0.15, 0.2) is 5.65 Å². The fourth-order valence-corrected chi connectivity index (χ4v) is 2.48. The van der Waals surface area contributed by atoms with Crippen LogP contribution in [0.5, 0.6) is 5.88 Å². The van der Waals surface area contributed by atoms with Gasteiger partial charge in [0, 0.05) is 19.2 Å². The van der Waals surface area contributed by atoms with Crippen molar-refractivity contribution in [3.8, 4) is 5.88 Å². The summed E-state index contributed by atoms with van der Waals surface area (Å²) in [6.07, 6.45) is 2.64. The zero-order valence-electron chi connectivity index (χ0n) is 11.8. The molecule has 1 aliphatic heterocycles. The second kappa shape index (κ2) is 4.44. The second-order valence-electron chi connectivity index (χ2n) is 5.10. The molecule has 21 heavy (non-hydrogen) atoms. The Balaban J connectivity index is 1.88. The third kappa shape index (κ3) is 1.91. The maximum Gasteiger partial charge on any atom is 0.256 e. The topological polar surface area (TPSA) is 93.5 Å². The summed E-state index contributed by atoms with van der Waals surface area (Å²) in [5, 5.41) is 15.7. The van der Waals surface area contributed by atoms with Crippen molar-refractivity contribution >= 4 is 22.7 Å². The summed E-state index contributed by atoms with van der Waals surface area (Å²) in [7, 11) is 0. The van der Waals surface area contributed by atoms with Crippen molar-refractivity contribution in [1.82, 2.24) is 29.9 Å². The lowest BCUT2D eigenvalue weighted by atomic mass is 10.3. The number of nitrogens with zero attached hydrogens (tertiary/aromatic N) is 5. The molecule has 8 nitrogen and oxygen atoms in total. The van der Waals surface area contributed by atoms with Gasteiger partial charge in [0.2, 0.25) is 5.95 Å².